The van der Waals surface area contributed by atoms with Crippen LogP contribution in [-0.4, -0.2) is 70.1 Å². The lowest BCUT2D eigenvalue weighted by atomic mass is 9.81. The number of aromatic amines is 1. The number of benzene rings is 3. The van der Waals surface area contributed by atoms with Gasteiger partial charge in [-0.2, -0.15) is 5.21 Å². The van der Waals surface area contributed by atoms with Crippen LogP contribution in [0.1, 0.15) is 72.9 Å². The molecule has 7 N–H and O–H groups in total. The lowest BCUT2D eigenvalue weighted by Gasteiger charge is -2.28. The van der Waals surface area contributed by atoms with Crippen LogP contribution in [0.5, 0.6) is 0 Å². The molecule has 3 aromatic carbocycles. The monoisotopic (exact) mass is 691 g/mol. The first kappa shape index (κ1) is 35.9. The van der Waals surface area contributed by atoms with Crippen molar-refractivity contribution in [1.29, 1.82) is 0 Å². The summed E-state index contributed by atoms with van der Waals surface area (Å²) in [6, 6.07) is 21.0. The van der Waals surface area contributed by atoms with E-state index in [2.05, 4.69) is 41.9 Å². The lowest BCUT2D eigenvalue weighted by Crippen LogP contribution is -2.48. The van der Waals surface area contributed by atoms with Crippen LogP contribution in [0.25, 0.3) is 22.5 Å². The summed E-state index contributed by atoms with van der Waals surface area (Å²) in [6.07, 6.45) is 7.81. The lowest BCUT2D eigenvalue weighted by molar-refractivity contribution is -0.130. The number of nitrogens with two attached hydrogens (primary N) is 1. The number of carbonyl (C=O) groups excluding carboxylic acids is 3. The van der Waals surface area contributed by atoms with Gasteiger partial charge in [-0.05, 0) is 142 Å². The summed E-state index contributed by atoms with van der Waals surface area (Å²) in [7, 11) is 2.00. The normalized spacial score (nSPS) is 21.0. The SMILES string of the molecule is CNC1CCC(NC(=O)c2ccc(-c3ccc(CC(NC(=O)C4CCC(CN)CC4)C(=O)Nc4ccc(-c5nn[nH]n5)cc4)cc3)c(C)c2)CC1. The van der Waals surface area contributed by atoms with E-state index in [4.69, 9.17) is 5.73 Å². The molecule has 1 aromatic heterocycles. The van der Waals surface area contributed by atoms with E-state index in [0.717, 1.165) is 79.2 Å². The molecule has 6 rings (SSSR count). The van der Waals surface area contributed by atoms with Crippen molar-refractivity contribution in [3.8, 4) is 22.5 Å². The molecule has 2 aliphatic rings. The average Bonchev–Trinajstić information content (AvgIpc) is 3.71. The predicted molar refractivity (Wildman–Crippen MR) is 198 cm³/mol. The third-order valence-electron chi connectivity index (χ3n) is 10.6. The van der Waals surface area contributed by atoms with Crippen molar-refractivity contribution < 1.29 is 14.4 Å². The molecule has 0 spiro atoms. The Hall–Kier alpha value is -4.94. The summed E-state index contributed by atoms with van der Waals surface area (Å²) in [5.41, 5.74) is 11.9. The Bertz CT molecular complexity index is 1760. The average molecular weight is 692 g/mol. The highest BCUT2D eigenvalue weighted by Gasteiger charge is 2.29. The van der Waals surface area contributed by atoms with Crippen molar-refractivity contribution >= 4 is 23.4 Å². The highest BCUT2D eigenvalue weighted by atomic mass is 16.2. The third kappa shape index (κ3) is 9.25. The summed E-state index contributed by atoms with van der Waals surface area (Å²) in [6.45, 7) is 2.65. The molecule has 4 aromatic rings. The topological polar surface area (TPSA) is 180 Å². The van der Waals surface area contributed by atoms with Crippen molar-refractivity contribution in [3.63, 3.8) is 0 Å². The van der Waals surface area contributed by atoms with Crippen LogP contribution in [-0.2, 0) is 16.0 Å². The van der Waals surface area contributed by atoms with Gasteiger partial charge in [0.25, 0.3) is 5.91 Å². The molecule has 0 bridgehead atoms. The summed E-state index contributed by atoms with van der Waals surface area (Å²) in [5, 5.41) is 26.6. The van der Waals surface area contributed by atoms with Gasteiger partial charge in [-0.1, -0.05) is 30.3 Å². The van der Waals surface area contributed by atoms with Crippen LogP contribution in [0, 0.1) is 18.8 Å². The van der Waals surface area contributed by atoms with Gasteiger partial charge in [0.2, 0.25) is 17.6 Å². The first-order valence-corrected chi connectivity index (χ1v) is 18.1. The zero-order valence-electron chi connectivity index (χ0n) is 29.5. The van der Waals surface area contributed by atoms with E-state index in [-0.39, 0.29) is 29.7 Å². The molecule has 0 saturated heterocycles. The Balaban J connectivity index is 1.12. The standard InChI is InChI=1S/C39H49N9O3/c1-24-21-30(38(50)42-33-18-16-31(41-2)17-19-33)13-20-34(24)27-7-3-25(4-8-27)22-35(44-37(49)29-9-5-26(23-40)6-10-29)39(51)43-32-14-11-28(12-15-32)36-45-47-48-46-36/h3-4,7-8,11-15,20-21,26,29,31,33,35,41H,5-6,9-10,16-19,22-23,40H2,1-2H3,(H,42,50)(H,43,51)(H,44,49)(H,45,46,47,48). The van der Waals surface area contributed by atoms with Crippen LogP contribution >= 0.6 is 0 Å². The second kappa shape index (κ2) is 16.8. The minimum absolute atomic E-state index is 0.0328. The van der Waals surface area contributed by atoms with Gasteiger partial charge in [-0.25, -0.2) is 0 Å². The number of anilines is 1. The van der Waals surface area contributed by atoms with Crippen molar-refractivity contribution in [2.24, 2.45) is 17.6 Å². The fourth-order valence-corrected chi connectivity index (χ4v) is 7.36. The number of hydrogen-bond donors (Lipinski definition) is 6. The minimum Gasteiger partial charge on any atom is -0.349 e. The molecule has 1 atom stereocenters. The second-order valence-corrected chi connectivity index (χ2v) is 14.1. The fourth-order valence-electron chi connectivity index (χ4n) is 7.36. The molecule has 12 nitrogen and oxygen atoms in total. The quantitative estimate of drug-likeness (QED) is 0.125. The third-order valence-corrected chi connectivity index (χ3v) is 10.6. The van der Waals surface area contributed by atoms with Crippen molar-refractivity contribution in [1.82, 2.24) is 36.6 Å². The van der Waals surface area contributed by atoms with Crippen LogP contribution < -0.4 is 27.0 Å². The Morgan fingerprint density at radius 3 is 2.18 bits per heavy atom. The molecule has 12 heteroatoms. The predicted octanol–water partition coefficient (Wildman–Crippen LogP) is 4.53. The molecule has 3 amide bonds. The molecule has 0 aliphatic heterocycles. The number of carbonyl (C=O) groups is 3. The molecular weight excluding hydrogens is 642 g/mol. The Kier molecular flexibility index (Phi) is 11.8. The van der Waals surface area contributed by atoms with Crippen LogP contribution in [0.2, 0.25) is 0 Å². The number of nitrogens with zero attached hydrogens (tertiary/aromatic N) is 3. The molecule has 1 unspecified atom stereocenters. The Labute approximate surface area is 299 Å². The van der Waals surface area contributed by atoms with Gasteiger partial charge < -0.3 is 27.0 Å². The molecule has 0 radical (unpaired) electrons. The van der Waals surface area contributed by atoms with Gasteiger partial charge >= 0.3 is 0 Å². The van der Waals surface area contributed by atoms with E-state index in [1.807, 2.05) is 56.4 Å². The number of nitrogens with one attached hydrogen (secondary N) is 5. The van der Waals surface area contributed by atoms with Crippen LogP contribution in [0.4, 0.5) is 5.69 Å². The maximum atomic E-state index is 13.7. The van der Waals surface area contributed by atoms with Crippen LogP contribution in [0.3, 0.4) is 0 Å². The van der Waals surface area contributed by atoms with Crippen molar-refractivity contribution in [3.05, 3.63) is 83.4 Å². The summed E-state index contributed by atoms with van der Waals surface area (Å²) in [4.78, 5) is 40.2. The highest BCUT2D eigenvalue weighted by molar-refractivity contribution is 5.98. The van der Waals surface area contributed by atoms with E-state index in [0.29, 0.717) is 42.0 Å². The van der Waals surface area contributed by atoms with Gasteiger partial charge in [-0.3, -0.25) is 14.4 Å². The maximum absolute atomic E-state index is 13.7. The van der Waals surface area contributed by atoms with E-state index in [9.17, 15) is 14.4 Å². The molecule has 268 valence electrons. The highest BCUT2D eigenvalue weighted by Crippen LogP contribution is 2.29. The van der Waals surface area contributed by atoms with Gasteiger partial charge in [0.1, 0.15) is 6.04 Å². The zero-order valence-corrected chi connectivity index (χ0v) is 29.5. The van der Waals surface area contributed by atoms with Crippen molar-refractivity contribution in [2.75, 3.05) is 18.9 Å². The molecule has 2 saturated carbocycles. The first-order chi connectivity index (χ1) is 24.8. The molecule has 51 heavy (non-hydrogen) atoms. The number of H-pyrrole nitrogens is 1. The molecule has 2 fully saturated rings. The fraction of sp³-hybridized carbons (Fsp3) is 0.436. The van der Waals surface area contributed by atoms with Gasteiger partial charge in [-0.15, -0.1) is 10.2 Å². The minimum atomic E-state index is -0.778. The van der Waals surface area contributed by atoms with Crippen LogP contribution in [0.15, 0.2) is 66.7 Å². The van der Waals surface area contributed by atoms with E-state index >= 15 is 0 Å². The maximum Gasteiger partial charge on any atom is 0.251 e. The smallest absolute Gasteiger partial charge is 0.251 e. The van der Waals surface area contributed by atoms with Crippen molar-refractivity contribution in [2.45, 2.75) is 82.8 Å². The number of rotatable bonds is 12. The summed E-state index contributed by atoms with van der Waals surface area (Å²) < 4.78 is 0. The number of hydrogen-bond acceptors (Lipinski definition) is 8. The van der Waals surface area contributed by atoms with E-state index in [1.165, 1.54) is 0 Å². The van der Waals surface area contributed by atoms with Gasteiger partial charge in [0, 0.05) is 41.2 Å². The van der Waals surface area contributed by atoms with E-state index < -0.39 is 6.04 Å². The number of aryl methyl sites for hydroxylation is 1. The molecular formula is C39H49N9O3. The number of amides is 3. The second-order valence-electron chi connectivity index (χ2n) is 14.1. The largest absolute Gasteiger partial charge is 0.349 e. The number of tetrazole rings is 1. The Morgan fingerprint density at radius 2 is 1.55 bits per heavy atom. The molecule has 2 aliphatic carbocycles. The zero-order chi connectivity index (χ0) is 35.7. The van der Waals surface area contributed by atoms with Gasteiger partial charge in [0.15, 0.2) is 0 Å². The van der Waals surface area contributed by atoms with Gasteiger partial charge in [0.05, 0.1) is 0 Å². The molecule has 1 heterocycles. The van der Waals surface area contributed by atoms with E-state index in [1.54, 1.807) is 24.3 Å². The summed E-state index contributed by atoms with van der Waals surface area (Å²) in [5.74, 6) is 0.346. The number of aromatic nitrogens is 4. The first-order valence-electron chi connectivity index (χ1n) is 18.1. The summed E-state index contributed by atoms with van der Waals surface area (Å²) >= 11 is 0. The Morgan fingerprint density at radius 1 is 0.863 bits per heavy atom.